The number of benzene rings is 2. The maximum absolute atomic E-state index is 13.4. The van der Waals surface area contributed by atoms with Crippen LogP contribution in [0.2, 0.25) is 0 Å². The summed E-state index contributed by atoms with van der Waals surface area (Å²) in [5.41, 5.74) is 1.83. The molecule has 0 saturated carbocycles. The zero-order valence-electron chi connectivity index (χ0n) is 19.7. The van der Waals surface area contributed by atoms with Crippen LogP contribution in [0.3, 0.4) is 0 Å². The lowest BCUT2D eigenvalue weighted by atomic mass is 10.1. The number of carbonyl (C=O) groups excluding carboxylic acids is 2. The Hall–Kier alpha value is -2.94. The van der Waals surface area contributed by atoms with Crippen molar-refractivity contribution in [3.05, 3.63) is 65.5 Å². The Bertz CT molecular complexity index is 1070. The van der Waals surface area contributed by atoms with Crippen LogP contribution in [0.5, 0.6) is 0 Å². The van der Waals surface area contributed by atoms with Gasteiger partial charge < -0.3 is 10.2 Å². The normalized spacial score (nSPS) is 12.3. The van der Waals surface area contributed by atoms with Crippen LogP contribution in [0.25, 0.3) is 0 Å². The number of amides is 2. The number of sulfonamides is 1. The Labute approximate surface area is 195 Å². The number of anilines is 1. The number of hydrogen-bond donors (Lipinski definition) is 1. The summed E-state index contributed by atoms with van der Waals surface area (Å²) in [5, 5.41) is 2.78. The van der Waals surface area contributed by atoms with Gasteiger partial charge in [0.15, 0.2) is 0 Å². The summed E-state index contributed by atoms with van der Waals surface area (Å²) in [4.78, 5) is 27.5. The van der Waals surface area contributed by atoms with Crippen molar-refractivity contribution in [1.29, 1.82) is 0 Å². The SMILES string of the molecule is CCc1ccccc1N(CC(=O)N(Cc1ccc(F)cc1)[C@H](C)C(=O)NC(C)C)S(C)(=O)=O. The molecule has 0 bridgehead atoms. The van der Waals surface area contributed by atoms with E-state index in [0.29, 0.717) is 17.7 Å². The fourth-order valence-corrected chi connectivity index (χ4v) is 4.30. The van der Waals surface area contributed by atoms with Crippen molar-refractivity contribution in [3.8, 4) is 0 Å². The first kappa shape index (κ1) is 26.3. The summed E-state index contributed by atoms with van der Waals surface area (Å²) in [7, 11) is -3.79. The van der Waals surface area contributed by atoms with Gasteiger partial charge in [0.05, 0.1) is 11.9 Å². The first-order valence-electron chi connectivity index (χ1n) is 10.8. The van der Waals surface area contributed by atoms with E-state index >= 15 is 0 Å². The molecule has 0 aromatic heterocycles. The number of carbonyl (C=O) groups is 2. The van der Waals surface area contributed by atoms with Crippen LogP contribution >= 0.6 is 0 Å². The van der Waals surface area contributed by atoms with Crippen molar-refractivity contribution in [2.45, 2.75) is 52.7 Å². The van der Waals surface area contributed by atoms with Crippen molar-refractivity contribution in [2.75, 3.05) is 17.1 Å². The van der Waals surface area contributed by atoms with Crippen molar-refractivity contribution >= 4 is 27.5 Å². The summed E-state index contributed by atoms with van der Waals surface area (Å²) in [6.45, 7) is 6.67. The van der Waals surface area contributed by atoms with Gasteiger partial charge in [-0.25, -0.2) is 12.8 Å². The third-order valence-corrected chi connectivity index (χ3v) is 6.31. The lowest BCUT2D eigenvalue weighted by Crippen LogP contribution is -2.52. The van der Waals surface area contributed by atoms with Gasteiger partial charge >= 0.3 is 0 Å². The standard InChI is InChI=1S/C24H32FN3O4S/c1-6-20-9-7-8-10-22(20)28(33(5,31)32)16-23(29)27(18(4)24(30)26-17(2)3)15-19-11-13-21(25)14-12-19/h7-14,17-18H,6,15-16H2,1-5H3,(H,26,30)/t18-/m1/s1. The van der Waals surface area contributed by atoms with Gasteiger partial charge in [-0.1, -0.05) is 37.3 Å². The summed E-state index contributed by atoms with van der Waals surface area (Å²) in [6, 6.07) is 11.6. The summed E-state index contributed by atoms with van der Waals surface area (Å²) in [5.74, 6) is -1.32. The van der Waals surface area contributed by atoms with Crippen molar-refractivity contribution in [3.63, 3.8) is 0 Å². The lowest BCUT2D eigenvalue weighted by Gasteiger charge is -2.32. The molecule has 0 aliphatic rings. The molecule has 1 N–H and O–H groups in total. The molecule has 2 amide bonds. The minimum absolute atomic E-state index is 0.0266. The molecular weight excluding hydrogens is 445 g/mol. The number of nitrogens with zero attached hydrogens (tertiary/aromatic N) is 2. The molecule has 7 nitrogen and oxygen atoms in total. The molecule has 9 heteroatoms. The molecule has 0 aliphatic carbocycles. The minimum atomic E-state index is -3.79. The molecule has 0 fully saturated rings. The molecule has 0 unspecified atom stereocenters. The second-order valence-electron chi connectivity index (χ2n) is 8.24. The van der Waals surface area contributed by atoms with Gasteiger partial charge in [-0.2, -0.15) is 0 Å². The number of halogens is 1. The summed E-state index contributed by atoms with van der Waals surface area (Å²) < 4.78 is 39.7. The summed E-state index contributed by atoms with van der Waals surface area (Å²) in [6.07, 6.45) is 1.63. The van der Waals surface area contributed by atoms with Crippen LogP contribution in [0.4, 0.5) is 10.1 Å². The van der Waals surface area contributed by atoms with Crippen LogP contribution < -0.4 is 9.62 Å². The Balaban J connectivity index is 2.42. The van der Waals surface area contributed by atoms with Gasteiger partial charge in [-0.05, 0) is 56.5 Å². The fourth-order valence-electron chi connectivity index (χ4n) is 3.42. The van der Waals surface area contributed by atoms with Crippen LogP contribution in [-0.4, -0.2) is 50.0 Å². The molecule has 0 aliphatic heterocycles. The molecule has 0 heterocycles. The Morgan fingerprint density at radius 1 is 1.03 bits per heavy atom. The third-order valence-electron chi connectivity index (χ3n) is 5.18. The van der Waals surface area contributed by atoms with E-state index in [1.54, 1.807) is 19.1 Å². The van der Waals surface area contributed by atoms with E-state index in [2.05, 4.69) is 5.32 Å². The van der Waals surface area contributed by atoms with E-state index in [9.17, 15) is 22.4 Å². The van der Waals surface area contributed by atoms with Crippen LogP contribution in [0.1, 0.15) is 38.8 Å². The zero-order chi connectivity index (χ0) is 24.8. The van der Waals surface area contributed by atoms with E-state index in [4.69, 9.17) is 0 Å². The largest absolute Gasteiger partial charge is 0.352 e. The smallest absolute Gasteiger partial charge is 0.244 e. The second kappa shape index (κ2) is 11.3. The average molecular weight is 478 g/mol. The molecule has 33 heavy (non-hydrogen) atoms. The van der Waals surface area contributed by atoms with Gasteiger partial charge in [0.2, 0.25) is 21.8 Å². The van der Waals surface area contributed by atoms with Crippen molar-refractivity contribution in [1.82, 2.24) is 10.2 Å². The fraction of sp³-hybridized carbons (Fsp3) is 0.417. The lowest BCUT2D eigenvalue weighted by molar-refractivity contribution is -0.139. The maximum atomic E-state index is 13.4. The molecule has 180 valence electrons. The maximum Gasteiger partial charge on any atom is 0.244 e. The number of aryl methyl sites for hydroxylation is 1. The molecular formula is C24H32FN3O4S. The number of rotatable bonds is 10. The monoisotopic (exact) mass is 477 g/mol. The van der Waals surface area contributed by atoms with Gasteiger partial charge in [-0.3, -0.25) is 13.9 Å². The van der Waals surface area contributed by atoms with E-state index < -0.39 is 34.3 Å². The third kappa shape index (κ3) is 7.28. The Kier molecular flexibility index (Phi) is 8.99. The predicted octanol–water partition coefficient (Wildman–Crippen LogP) is 3.10. The van der Waals surface area contributed by atoms with Gasteiger partial charge in [0.25, 0.3) is 0 Å². The average Bonchev–Trinajstić information content (AvgIpc) is 2.75. The number of nitrogens with one attached hydrogen (secondary N) is 1. The highest BCUT2D eigenvalue weighted by Crippen LogP contribution is 2.24. The molecule has 0 spiro atoms. The topological polar surface area (TPSA) is 86.8 Å². The van der Waals surface area contributed by atoms with Crippen molar-refractivity contribution in [2.24, 2.45) is 0 Å². The van der Waals surface area contributed by atoms with Crippen LogP contribution in [0.15, 0.2) is 48.5 Å². The quantitative estimate of drug-likeness (QED) is 0.570. The second-order valence-corrected chi connectivity index (χ2v) is 10.1. The van der Waals surface area contributed by atoms with E-state index in [0.717, 1.165) is 16.1 Å². The number of para-hydroxylation sites is 1. The first-order valence-corrected chi connectivity index (χ1v) is 12.7. The van der Waals surface area contributed by atoms with Crippen LogP contribution in [0, 0.1) is 5.82 Å². The first-order chi connectivity index (χ1) is 15.4. The Morgan fingerprint density at radius 3 is 2.18 bits per heavy atom. The zero-order valence-corrected chi connectivity index (χ0v) is 20.5. The van der Waals surface area contributed by atoms with Crippen molar-refractivity contribution < 1.29 is 22.4 Å². The highest BCUT2D eigenvalue weighted by molar-refractivity contribution is 7.92. The van der Waals surface area contributed by atoms with E-state index in [1.165, 1.54) is 29.2 Å². The predicted molar refractivity (Wildman–Crippen MR) is 128 cm³/mol. The number of hydrogen-bond acceptors (Lipinski definition) is 4. The van der Waals surface area contributed by atoms with Crippen LogP contribution in [-0.2, 0) is 32.6 Å². The highest BCUT2D eigenvalue weighted by Gasteiger charge is 2.30. The van der Waals surface area contributed by atoms with E-state index in [-0.39, 0.29) is 18.5 Å². The van der Waals surface area contributed by atoms with Gasteiger partial charge in [0, 0.05) is 12.6 Å². The molecule has 0 saturated heterocycles. The van der Waals surface area contributed by atoms with Gasteiger partial charge in [-0.15, -0.1) is 0 Å². The minimum Gasteiger partial charge on any atom is -0.352 e. The van der Waals surface area contributed by atoms with E-state index in [1.807, 2.05) is 32.9 Å². The highest BCUT2D eigenvalue weighted by atomic mass is 32.2. The summed E-state index contributed by atoms with van der Waals surface area (Å²) >= 11 is 0. The molecule has 2 rings (SSSR count). The van der Waals surface area contributed by atoms with Gasteiger partial charge in [0.1, 0.15) is 18.4 Å². The molecule has 2 aromatic carbocycles. The molecule has 0 radical (unpaired) electrons. The Morgan fingerprint density at radius 2 is 1.64 bits per heavy atom. The molecule has 2 aromatic rings. The molecule has 1 atom stereocenters.